The average Bonchev–Trinajstić information content (AvgIpc) is 2.54. The molecule has 4 rings (SSSR count). The van der Waals surface area contributed by atoms with Crippen molar-refractivity contribution in [3.8, 4) is 0 Å². The topological polar surface area (TPSA) is 20.2 Å². The third-order valence-electron chi connectivity index (χ3n) is 4.75. The van der Waals surface area contributed by atoms with Crippen LogP contribution in [0.2, 0.25) is 0 Å². The van der Waals surface area contributed by atoms with E-state index in [1.165, 1.54) is 37.9 Å². The van der Waals surface area contributed by atoms with E-state index in [9.17, 15) is 0 Å². The van der Waals surface area contributed by atoms with Gasteiger partial charge in [0.2, 0.25) is 0 Å². The molecule has 0 unspecified atom stereocenters. The van der Waals surface area contributed by atoms with Crippen molar-refractivity contribution in [1.82, 2.24) is 0 Å². The second-order valence-electron chi connectivity index (χ2n) is 6.05. The van der Waals surface area contributed by atoms with Gasteiger partial charge in [0.15, 0.2) is 0 Å². The van der Waals surface area contributed by atoms with Crippen LogP contribution in [0.4, 0.5) is 0 Å². The number of benzene rings is 3. The zero-order valence-corrected chi connectivity index (χ0v) is 12.2. The molecule has 3 aromatic rings. The number of rotatable bonds is 4. The van der Waals surface area contributed by atoms with Crippen LogP contribution in [0, 0.1) is 0 Å². The zero-order chi connectivity index (χ0) is 14.2. The molecule has 0 radical (unpaired) electrons. The minimum Gasteiger partial charge on any atom is -0.396 e. The first-order valence-electron chi connectivity index (χ1n) is 7.95. The molecule has 106 valence electrons. The van der Waals surface area contributed by atoms with Gasteiger partial charge in [-0.05, 0) is 70.0 Å². The van der Waals surface area contributed by atoms with Gasteiger partial charge >= 0.3 is 0 Å². The Morgan fingerprint density at radius 3 is 2.71 bits per heavy atom. The predicted molar refractivity (Wildman–Crippen MR) is 89.5 cm³/mol. The van der Waals surface area contributed by atoms with Gasteiger partial charge in [-0.15, -0.1) is 0 Å². The fourth-order valence-electron chi connectivity index (χ4n) is 3.72. The van der Waals surface area contributed by atoms with Crippen molar-refractivity contribution in [2.24, 2.45) is 0 Å². The smallest absolute Gasteiger partial charge is 0.0431 e. The summed E-state index contributed by atoms with van der Waals surface area (Å²) in [6.07, 6.45) is 7.69. The quantitative estimate of drug-likeness (QED) is 0.719. The third-order valence-corrected chi connectivity index (χ3v) is 4.75. The first kappa shape index (κ1) is 12.8. The Morgan fingerprint density at radius 2 is 1.81 bits per heavy atom. The van der Waals surface area contributed by atoms with Crippen LogP contribution < -0.4 is 5.22 Å². The van der Waals surface area contributed by atoms with Gasteiger partial charge in [0.05, 0.1) is 0 Å². The lowest BCUT2D eigenvalue weighted by Crippen LogP contribution is -2.10. The summed E-state index contributed by atoms with van der Waals surface area (Å²) in [4.78, 5) is 0. The highest BCUT2D eigenvalue weighted by Crippen LogP contribution is 2.32. The fourth-order valence-corrected chi connectivity index (χ4v) is 3.72. The maximum Gasteiger partial charge on any atom is 0.0431 e. The summed E-state index contributed by atoms with van der Waals surface area (Å²) in [5.41, 5.74) is 2.92. The monoisotopic (exact) mass is 276 g/mol. The molecule has 0 saturated heterocycles. The van der Waals surface area contributed by atoms with Crippen molar-refractivity contribution in [3.63, 3.8) is 0 Å². The number of aliphatic hydroxyl groups is 1. The Kier molecular flexibility index (Phi) is 3.16. The average molecular weight is 276 g/mol. The maximum absolute atomic E-state index is 8.99. The van der Waals surface area contributed by atoms with Crippen LogP contribution in [-0.2, 0) is 12.8 Å². The lowest BCUT2D eigenvalue weighted by atomic mass is 9.88. The Morgan fingerprint density at radius 1 is 0.905 bits per heavy atom. The summed E-state index contributed by atoms with van der Waals surface area (Å²) in [5.74, 6) is 0. The molecule has 1 N–H and O–H groups in total. The summed E-state index contributed by atoms with van der Waals surface area (Å²) in [6.45, 7) is 0.293. The van der Waals surface area contributed by atoms with E-state index in [2.05, 4.69) is 42.5 Å². The van der Waals surface area contributed by atoms with Crippen LogP contribution in [-0.4, -0.2) is 11.7 Å². The summed E-state index contributed by atoms with van der Waals surface area (Å²) in [7, 11) is 0. The molecule has 0 atom stereocenters. The summed E-state index contributed by atoms with van der Waals surface area (Å²) >= 11 is 0. The van der Waals surface area contributed by atoms with Gasteiger partial charge in [-0.3, -0.25) is 0 Å². The Hall–Kier alpha value is -1.86. The molecule has 1 aliphatic carbocycles. The molecular formula is C20H20O. The van der Waals surface area contributed by atoms with Crippen LogP contribution >= 0.6 is 0 Å². The van der Waals surface area contributed by atoms with E-state index in [1.807, 2.05) is 0 Å². The highest BCUT2D eigenvalue weighted by molar-refractivity contribution is 6.12. The van der Waals surface area contributed by atoms with E-state index in [0.717, 1.165) is 32.1 Å². The first-order chi connectivity index (χ1) is 10.4. The van der Waals surface area contributed by atoms with Crippen LogP contribution in [0.5, 0.6) is 0 Å². The molecule has 0 spiro atoms. The van der Waals surface area contributed by atoms with Crippen molar-refractivity contribution in [2.75, 3.05) is 6.61 Å². The highest BCUT2D eigenvalue weighted by atomic mass is 16.2. The van der Waals surface area contributed by atoms with Crippen molar-refractivity contribution in [2.45, 2.75) is 32.1 Å². The van der Waals surface area contributed by atoms with Crippen LogP contribution in [0.25, 0.3) is 27.6 Å². The van der Waals surface area contributed by atoms with E-state index in [-0.39, 0.29) is 0 Å². The second kappa shape index (κ2) is 5.16. The largest absolute Gasteiger partial charge is 0.396 e. The van der Waals surface area contributed by atoms with Gasteiger partial charge in [0.1, 0.15) is 0 Å². The Balaban J connectivity index is 1.99. The molecule has 1 nitrogen and oxygen atoms in total. The highest BCUT2D eigenvalue weighted by Gasteiger charge is 2.12. The van der Waals surface area contributed by atoms with E-state index >= 15 is 0 Å². The first-order valence-corrected chi connectivity index (χ1v) is 7.95. The number of aryl methyl sites for hydroxylation is 2. The van der Waals surface area contributed by atoms with Crippen LogP contribution in [0.3, 0.4) is 0 Å². The van der Waals surface area contributed by atoms with Crippen LogP contribution in [0.1, 0.15) is 30.4 Å². The molecule has 0 amide bonds. The van der Waals surface area contributed by atoms with E-state index < -0.39 is 0 Å². The number of hydrogen-bond acceptors (Lipinski definition) is 1. The predicted octanol–water partition coefficient (Wildman–Crippen LogP) is 3.75. The number of aliphatic hydroxyl groups excluding tert-OH is 1. The lowest BCUT2D eigenvalue weighted by Gasteiger charge is -2.16. The molecule has 0 bridgehead atoms. The molecule has 0 aliphatic heterocycles. The van der Waals surface area contributed by atoms with Crippen molar-refractivity contribution in [1.29, 1.82) is 0 Å². The van der Waals surface area contributed by atoms with Gasteiger partial charge in [-0.25, -0.2) is 0 Å². The van der Waals surface area contributed by atoms with Gasteiger partial charge in [-0.2, -0.15) is 0 Å². The molecule has 0 fully saturated rings. The normalized spacial score (nSPS) is 13.8. The van der Waals surface area contributed by atoms with E-state index in [4.69, 9.17) is 5.11 Å². The lowest BCUT2D eigenvalue weighted by molar-refractivity contribution is 0.284. The minimum atomic E-state index is 0.293. The van der Waals surface area contributed by atoms with Crippen molar-refractivity contribution < 1.29 is 5.11 Å². The second-order valence-corrected chi connectivity index (χ2v) is 6.05. The van der Waals surface area contributed by atoms with E-state index in [1.54, 1.807) is 0 Å². The van der Waals surface area contributed by atoms with Gasteiger partial charge in [0.25, 0.3) is 0 Å². The van der Waals surface area contributed by atoms with Gasteiger partial charge in [-0.1, -0.05) is 42.5 Å². The Labute approximate surface area is 124 Å². The van der Waals surface area contributed by atoms with Crippen LogP contribution in [0.15, 0.2) is 36.4 Å². The standard InChI is InChI=1S/C20H20O/c21-13-2-1-4-14-7-8-17-10-9-15-5-3-6-16-11-12-18(14)20(17)19(15)16/h6-12,21H,1-5,13H2. The molecular weight excluding hydrogens is 256 g/mol. The third kappa shape index (κ3) is 2.04. The number of unbranched alkanes of at least 4 members (excludes halogenated alkanes) is 1. The molecule has 0 aromatic heterocycles. The molecule has 21 heavy (non-hydrogen) atoms. The summed E-state index contributed by atoms with van der Waals surface area (Å²) in [6, 6.07) is 13.7. The number of hydrogen-bond donors (Lipinski definition) is 1. The molecule has 0 heterocycles. The maximum atomic E-state index is 8.99. The molecule has 1 aliphatic rings. The fraction of sp³-hybridized carbons (Fsp3) is 0.300. The van der Waals surface area contributed by atoms with Crippen molar-refractivity contribution in [3.05, 3.63) is 52.7 Å². The van der Waals surface area contributed by atoms with Gasteiger partial charge < -0.3 is 5.11 Å². The van der Waals surface area contributed by atoms with Gasteiger partial charge in [0, 0.05) is 6.61 Å². The molecule has 3 aromatic carbocycles. The SMILES string of the molecule is OCCCCc1ccc2ccc3c4c(ccc1c24)=CCC3. The molecule has 1 heteroatoms. The zero-order valence-electron chi connectivity index (χ0n) is 12.2. The minimum absolute atomic E-state index is 0.293. The van der Waals surface area contributed by atoms with E-state index in [0.29, 0.717) is 6.61 Å². The summed E-state index contributed by atoms with van der Waals surface area (Å²) in [5, 5.41) is 16.1. The Bertz CT molecular complexity index is 861. The summed E-state index contributed by atoms with van der Waals surface area (Å²) < 4.78 is 0. The van der Waals surface area contributed by atoms with Crippen molar-refractivity contribution >= 4 is 27.6 Å². The molecule has 0 saturated carbocycles.